The first-order chi connectivity index (χ1) is 14.4. The molecule has 150 valence electrons. The number of fused-ring (bicyclic) bond motifs is 1. The average molecular weight is 417 g/mol. The topological polar surface area (TPSA) is 72.5 Å². The number of nitrogens with one attached hydrogen (secondary N) is 1. The highest BCUT2D eigenvalue weighted by Crippen LogP contribution is 2.30. The number of hydrogen-bond donors (Lipinski definition) is 1. The summed E-state index contributed by atoms with van der Waals surface area (Å²) in [4.78, 5) is 12.5. The van der Waals surface area contributed by atoms with Crippen molar-refractivity contribution in [2.45, 2.75) is 11.8 Å². The van der Waals surface area contributed by atoms with Crippen LogP contribution in [0.2, 0.25) is 0 Å². The molecule has 6 heteroatoms. The van der Waals surface area contributed by atoms with E-state index in [1.807, 2.05) is 19.1 Å². The molecule has 4 rings (SSSR count). The first-order valence-electron chi connectivity index (χ1n) is 9.33. The summed E-state index contributed by atoms with van der Waals surface area (Å²) in [5.41, 5.74) is 2.12. The van der Waals surface area contributed by atoms with Crippen molar-refractivity contribution in [1.29, 1.82) is 0 Å². The summed E-state index contributed by atoms with van der Waals surface area (Å²) in [7, 11) is -3.96. The van der Waals surface area contributed by atoms with Gasteiger partial charge in [0.05, 0.1) is 0 Å². The summed E-state index contributed by atoms with van der Waals surface area (Å²) in [5.74, 6) is 0.0123. The van der Waals surface area contributed by atoms with E-state index in [-0.39, 0.29) is 16.6 Å². The average Bonchev–Trinajstić information content (AvgIpc) is 2.74. The molecule has 4 aromatic rings. The van der Waals surface area contributed by atoms with Gasteiger partial charge in [-0.3, -0.25) is 4.79 Å². The van der Waals surface area contributed by atoms with Crippen LogP contribution in [-0.4, -0.2) is 14.3 Å². The van der Waals surface area contributed by atoms with Gasteiger partial charge in [-0.25, -0.2) is 0 Å². The zero-order valence-electron chi connectivity index (χ0n) is 16.2. The van der Waals surface area contributed by atoms with Gasteiger partial charge in [0.1, 0.15) is 4.90 Å². The smallest absolute Gasteiger partial charge is 0.339 e. The van der Waals surface area contributed by atoms with Crippen LogP contribution in [-0.2, 0) is 10.1 Å². The van der Waals surface area contributed by atoms with E-state index in [4.69, 9.17) is 4.18 Å². The highest BCUT2D eigenvalue weighted by atomic mass is 32.2. The predicted octanol–water partition coefficient (Wildman–Crippen LogP) is 5.17. The van der Waals surface area contributed by atoms with E-state index >= 15 is 0 Å². The van der Waals surface area contributed by atoms with E-state index in [1.54, 1.807) is 66.7 Å². The second kappa shape index (κ2) is 8.00. The SMILES string of the molecule is Cc1ccc(S(=O)(=O)Oc2cccc3cc(NC(=O)c4ccccc4)ccc23)cc1. The minimum atomic E-state index is -3.96. The van der Waals surface area contributed by atoms with E-state index in [2.05, 4.69) is 5.32 Å². The van der Waals surface area contributed by atoms with Crippen LogP contribution in [0.3, 0.4) is 0 Å². The lowest BCUT2D eigenvalue weighted by Crippen LogP contribution is -2.11. The molecule has 0 spiro atoms. The molecule has 0 aliphatic carbocycles. The molecular weight excluding hydrogens is 398 g/mol. The summed E-state index contributed by atoms with van der Waals surface area (Å²) in [5, 5.41) is 4.23. The Morgan fingerprint density at radius 3 is 2.30 bits per heavy atom. The van der Waals surface area contributed by atoms with Crippen molar-refractivity contribution in [3.05, 3.63) is 102 Å². The van der Waals surface area contributed by atoms with Crippen molar-refractivity contribution in [2.24, 2.45) is 0 Å². The van der Waals surface area contributed by atoms with Crippen LogP contribution in [0.5, 0.6) is 5.75 Å². The van der Waals surface area contributed by atoms with E-state index in [0.29, 0.717) is 16.6 Å². The fourth-order valence-corrected chi connectivity index (χ4v) is 4.02. The lowest BCUT2D eigenvalue weighted by molar-refractivity contribution is 0.102. The van der Waals surface area contributed by atoms with Gasteiger partial charge in [-0.05, 0) is 60.8 Å². The number of rotatable bonds is 5. The van der Waals surface area contributed by atoms with Crippen LogP contribution in [0.4, 0.5) is 5.69 Å². The number of carbonyl (C=O) groups is 1. The molecule has 1 N–H and O–H groups in total. The minimum Gasteiger partial charge on any atom is -0.378 e. The molecule has 0 aliphatic heterocycles. The third-order valence-electron chi connectivity index (χ3n) is 4.64. The Morgan fingerprint density at radius 2 is 1.57 bits per heavy atom. The third-order valence-corrected chi connectivity index (χ3v) is 5.89. The standard InChI is InChI=1S/C24H19NO4S/c1-17-10-13-21(14-11-17)30(27,28)29-23-9-5-8-19-16-20(12-15-22(19)23)25-24(26)18-6-3-2-4-7-18/h2-16H,1H3,(H,25,26). The van der Waals surface area contributed by atoms with Gasteiger partial charge in [-0.1, -0.05) is 48.0 Å². The van der Waals surface area contributed by atoms with Gasteiger partial charge in [0, 0.05) is 16.6 Å². The molecule has 0 saturated heterocycles. The largest absolute Gasteiger partial charge is 0.378 e. The molecule has 0 fully saturated rings. The zero-order chi connectivity index (χ0) is 21.1. The molecule has 4 aromatic carbocycles. The second-order valence-electron chi connectivity index (χ2n) is 6.86. The Kier molecular flexibility index (Phi) is 5.25. The van der Waals surface area contributed by atoms with Crippen molar-refractivity contribution in [1.82, 2.24) is 0 Å². The minimum absolute atomic E-state index is 0.0943. The highest BCUT2D eigenvalue weighted by Gasteiger charge is 2.18. The van der Waals surface area contributed by atoms with E-state index in [1.165, 1.54) is 12.1 Å². The molecule has 0 bridgehead atoms. The fourth-order valence-electron chi connectivity index (χ4n) is 3.07. The number of carbonyl (C=O) groups excluding carboxylic acids is 1. The quantitative estimate of drug-likeness (QED) is 0.455. The molecule has 0 aromatic heterocycles. The molecule has 5 nitrogen and oxygen atoms in total. The molecule has 0 heterocycles. The van der Waals surface area contributed by atoms with Crippen LogP contribution in [0.25, 0.3) is 10.8 Å². The molecule has 0 saturated carbocycles. The third kappa shape index (κ3) is 4.18. The number of anilines is 1. The summed E-state index contributed by atoms with van der Waals surface area (Å²) < 4.78 is 30.7. The van der Waals surface area contributed by atoms with Gasteiger partial charge >= 0.3 is 10.1 Å². The van der Waals surface area contributed by atoms with Gasteiger partial charge in [0.25, 0.3) is 5.91 Å². The number of amides is 1. The lowest BCUT2D eigenvalue weighted by Gasteiger charge is -2.11. The zero-order valence-corrected chi connectivity index (χ0v) is 17.0. The maximum absolute atomic E-state index is 12.6. The Hall–Kier alpha value is -3.64. The van der Waals surface area contributed by atoms with Gasteiger partial charge in [0.2, 0.25) is 0 Å². The number of benzene rings is 4. The maximum atomic E-state index is 12.6. The van der Waals surface area contributed by atoms with Crippen LogP contribution in [0, 0.1) is 6.92 Å². The molecule has 1 amide bonds. The van der Waals surface area contributed by atoms with Crippen LogP contribution < -0.4 is 9.50 Å². The predicted molar refractivity (Wildman–Crippen MR) is 117 cm³/mol. The van der Waals surface area contributed by atoms with Gasteiger partial charge in [-0.15, -0.1) is 0 Å². The molecule has 0 aliphatic rings. The van der Waals surface area contributed by atoms with Gasteiger partial charge in [-0.2, -0.15) is 8.42 Å². The maximum Gasteiger partial charge on any atom is 0.339 e. The van der Waals surface area contributed by atoms with Crippen LogP contribution >= 0.6 is 0 Å². The fraction of sp³-hybridized carbons (Fsp3) is 0.0417. The Labute approximate surface area is 175 Å². The lowest BCUT2D eigenvalue weighted by atomic mass is 10.1. The molecule has 0 atom stereocenters. The van der Waals surface area contributed by atoms with Crippen molar-refractivity contribution >= 4 is 32.5 Å². The first-order valence-corrected chi connectivity index (χ1v) is 10.7. The molecule has 0 radical (unpaired) electrons. The first kappa shape index (κ1) is 19.7. The van der Waals surface area contributed by atoms with E-state index in [0.717, 1.165) is 10.9 Å². The molecule has 0 unspecified atom stereocenters. The van der Waals surface area contributed by atoms with Crippen molar-refractivity contribution in [3.8, 4) is 5.75 Å². The normalized spacial score (nSPS) is 11.2. The van der Waals surface area contributed by atoms with Crippen LogP contribution in [0.1, 0.15) is 15.9 Å². The second-order valence-corrected chi connectivity index (χ2v) is 8.41. The van der Waals surface area contributed by atoms with Gasteiger partial charge in [0.15, 0.2) is 5.75 Å². The van der Waals surface area contributed by atoms with Crippen molar-refractivity contribution in [2.75, 3.05) is 5.32 Å². The molecule has 30 heavy (non-hydrogen) atoms. The van der Waals surface area contributed by atoms with E-state index in [9.17, 15) is 13.2 Å². The Morgan fingerprint density at radius 1 is 0.833 bits per heavy atom. The highest BCUT2D eigenvalue weighted by molar-refractivity contribution is 7.87. The van der Waals surface area contributed by atoms with E-state index < -0.39 is 10.1 Å². The van der Waals surface area contributed by atoms with Gasteiger partial charge < -0.3 is 9.50 Å². The summed E-state index contributed by atoms with van der Waals surface area (Å²) in [6.07, 6.45) is 0. The summed E-state index contributed by atoms with van der Waals surface area (Å²) in [6.45, 7) is 1.89. The number of aryl methyl sites for hydroxylation is 1. The summed E-state index contributed by atoms with van der Waals surface area (Å²) in [6, 6.07) is 25.8. The Bertz CT molecular complexity index is 1310. The van der Waals surface area contributed by atoms with Crippen molar-refractivity contribution < 1.29 is 17.4 Å². The van der Waals surface area contributed by atoms with Crippen LogP contribution in [0.15, 0.2) is 95.9 Å². The number of hydrogen-bond acceptors (Lipinski definition) is 4. The van der Waals surface area contributed by atoms with Crippen molar-refractivity contribution in [3.63, 3.8) is 0 Å². The molecular formula is C24H19NO4S. The summed E-state index contributed by atoms with van der Waals surface area (Å²) >= 11 is 0. The Balaban J connectivity index is 1.61. The monoisotopic (exact) mass is 417 g/mol.